The number of amides is 2. The number of likely N-dealkylation sites (tertiary alicyclic amines) is 1. The normalized spacial score (nSPS) is 15.8. The SMILES string of the molecule is CCn1cnc2ccc(C(=O)NC3CCN(C(=O)OC(C)(C)C)CC3)cc21. The van der Waals surface area contributed by atoms with Crippen LogP contribution in [0.5, 0.6) is 0 Å². The third-order valence-corrected chi connectivity index (χ3v) is 4.71. The van der Waals surface area contributed by atoms with Crippen molar-refractivity contribution in [1.82, 2.24) is 19.8 Å². The van der Waals surface area contributed by atoms with Gasteiger partial charge in [-0.25, -0.2) is 9.78 Å². The summed E-state index contributed by atoms with van der Waals surface area (Å²) in [6, 6.07) is 5.63. The van der Waals surface area contributed by atoms with Gasteiger partial charge in [-0.1, -0.05) is 0 Å². The van der Waals surface area contributed by atoms with Gasteiger partial charge in [0.2, 0.25) is 0 Å². The molecule has 1 aliphatic heterocycles. The van der Waals surface area contributed by atoms with Crippen molar-refractivity contribution in [2.45, 2.75) is 58.7 Å². The third kappa shape index (κ3) is 4.59. The molecule has 0 bridgehead atoms. The number of fused-ring (bicyclic) bond motifs is 1. The lowest BCUT2D eigenvalue weighted by molar-refractivity contribution is 0.0199. The summed E-state index contributed by atoms with van der Waals surface area (Å²) in [5.41, 5.74) is 1.99. The highest BCUT2D eigenvalue weighted by Crippen LogP contribution is 2.18. The first-order valence-corrected chi connectivity index (χ1v) is 9.50. The van der Waals surface area contributed by atoms with Gasteiger partial charge in [-0.3, -0.25) is 4.79 Å². The number of hydrogen-bond acceptors (Lipinski definition) is 4. The number of rotatable bonds is 3. The maximum atomic E-state index is 12.6. The predicted octanol–water partition coefficient (Wildman–Crippen LogP) is 3.19. The topological polar surface area (TPSA) is 76.5 Å². The van der Waals surface area contributed by atoms with Gasteiger partial charge in [0.1, 0.15) is 5.60 Å². The molecule has 1 aromatic carbocycles. The van der Waals surface area contributed by atoms with Gasteiger partial charge in [0.05, 0.1) is 17.4 Å². The van der Waals surface area contributed by atoms with Crippen LogP contribution < -0.4 is 5.32 Å². The first-order chi connectivity index (χ1) is 12.8. The number of carbonyl (C=O) groups excluding carboxylic acids is 2. The summed E-state index contributed by atoms with van der Waals surface area (Å²) in [6.45, 7) is 9.61. The minimum atomic E-state index is -0.494. The molecule has 146 valence electrons. The monoisotopic (exact) mass is 372 g/mol. The highest BCUT2D eigenvalue weighted by atomic mass is 16.6. The summed E-state index contributed by atoms with van der Waals surface area (Å²) in [5, 5.41) is 3.09. The summed E-state index contributed by atoms with van der Waals surface area (Å²) in [6.07, 6.45) is 2.95. The van der Waals surface area contributed by atoms with Crippen LogP contribution in [0.25, 0.3) is 11.0 Å². The van der Waals surface area contributed by atoms with Crippen LogP contribution in [-0.2, 0) is 11.3 Å². The average molecular weight is 372 g/mol. The number of imidazole rings is 1. The van der Waals surface area contributed by atoms with Gasteiger partial charge in [-0.15, -0.1) is 0 Å². The molecular weight excluding hydrogens is 344 g/mol. The maximum absolute atomic E-state index is 12.6. The van der Waals surface area contributed by atoms with Crippen molar-refractivity contribution in [3.05, 3.63) is 30.1 Å². The van der Waals surface area contributed by atoms with E-state index in [2.05, 4.69) is 10.3 Å². The first kappa shape index (κ1) is 19.2. The fraction of sp³-hybridized carbons (Fsp3) is 0.550. The molecule has 2 aromatic rings. The predicted molar refractivity (Wildman–Crippen MR) is 104 cm³/mol. The van der Waals surface area contributed by atoms with Crippen molar-refractivity contribution in [3.8, 4) is 0 Å². The molecule has 3 rings (SSSR count). The zero-order chi connectivity index (χ0) is 19.6. The van der Waals surface area contributed by atoms with Crippen LogP contribution in [0.4, 0.5) is 4.79 Å². The first-order valence-electron chi connectivity index (χ1n) is 9.50. The summed E-state index contributed by atoms with van der Waals surface area (Å²) >= 11 is 0. The number of ether oxygens (including phenoxy) is 1. The van der Waals surface area contributed by atoms with Crippen LogP contribution in [0.2, 0.25) is 0 Å². The fourth-order valence-electron chi connectivity index (χ4n) is 3.25. The highest BCUT2D eigenvalue weighted by Gasteiger charge is 2.27. The number of nitrogens with zero attached hydrogens (tertiary/aromatic N) is 3. The Hall–Kier alpha value is -2.57. The molecular formula is C20H28N4O3. The van der Waals surface area contributed by atoms with Gasteiger partial charge in [-0.2, -0.15) is 0 Å². The molecule has 1 saturated heterocycles. The minimum absolute atomic E-state index is 0.0583. The Labute approximate surface area is 159 Å². The second-order valence-electron chi connectivity index (χ2n) is 7.95. The van der Waals surface area contributed by atoms with Crippen LogP contribution in [0, 0.1) is 0 Å². The lowest BCUT2D eigenvalue weighted by Crippen LogP contribution is -2.47. The second-order valence-corrected chi connectivity index (χ2v) is 7.95. The van der Waals surface area contributed by atoms with E-state index in [1.807, 2.05) is 44.4 Å². The molecule has 0 spiro atoms. The van der Waals surface area contributed by atoms with Crippen molar-refractivity contribution >= 4 is 23.0 Å². The van der Waals surface area contributed by atoms with E-state index in [-0.39, 0.29) is 18.0 Å². The minimum Gasteiger partial charge on any atom is -0.444 e. The molecule has 27 heavy (non-hydrogen) atoms. The van der Waals surface area contributed by atoms with Gasteiger partial charge < -0.3 is 19.5 Å². The molecule has 7 heteroatoms. The molecule has 7 nitrogen and oxygen atoms in total. The van der Waals surface area contributed by atoms with E-state index in [1.54, 1.807) is 17.3 Å². The van der Waals surface area contributed by atoms with E-state index in [4.69, 9.17) is 4.74 Å². The molecule has 0 radical (unpaired) electrons. The molecule has 0 aliphatic carbocycles. The van der Waals surface area contributed by atoms with Gasteiger partial charge in [0.15, 0.2) is 0 Å². The Morgan fingerprint density at radius 2 is 1.96 bits per heavy atom. The van der Waals surface area contributed by atoms with E-state index < -0.39 is 5.60 Å². The summed E-state index contributed by atoms with van der Waals surface area (Å²) in [5.74, 6) is -0.0866. The van der Waals surface area contributed by atoms with Crippen molar-refractivity contribution in [2.24, 2.45) is 0 Å². The number of aryl methyl sites for hydroxylation is 1. The largest absolute Gasteiger partial charge is 0.444 e. The zero-order valence-electron chi connectivity index (χ0n) is 16.5. The van der Waals surface area contributed by atoms with E-state index >= 15 is 0 Å². The van der Waals surface area contributed by atoms with Crippen LogP contribution in [0.1, 0.15) is 50.9 Å². The number of carbonyl (C=O) groups is 2. The van der Waals surface area contributed by atoms with E-state index in [9.17, 15) is 9.59 Å². The summed E-state index contributed by atoms with van der Waals surface area (Å²) < 4.78 is 7.43. The van der Waals surface area contributed by atoms with Gasteiger partial charge in [0, 0.05) is 31.2 Å². The molecule has 0 saturated carbocycles. The molecule has 2 amide bonds. The van der Waals surface area contributed by atoms with Crippen LogP contribution in [-0.4, -0.2) is 51.2 Å². The number of hydrogen-bond donors (Lipinski definition) is 1. The Morgan fingerprint density at radius 3 is 2.59 bits per heavy atom. The average Bonchev–Trinajstić information content (AvgIpc) is 3.03. The van der Waals surface area contributed by atoms with Gasteiger partial charge in [-0.05, 0) is 58.7 Å². The number of piperidine rings is 1. The number of nitrogens with one attached hydrogen (secondary N) is 1. The van der Waals surface area contributed by atoms with Crippen molar-refractivity contribution < 1.29 is 14.3 Å². The standard InChI is InChI=1S/C20H28N4O3/c1-5-23-13-21-16-7-6-14(12-17(16)23)18(25)22-15-8-10-24(11-9-15)19(26)27-20(2,3)4/h6-7,12-13,15H,5,8-11H2,1-4H3,(H,22,25). The Morgan fingerprint density at radius 1 is 1.26 bits per heavy atom. The van der Waals surface area contributed by atoms with E-state index in [0.717, 1.165) is 30.4 Å². The second kappa shape index (κ2) is 7.58. The highest BCUT2D eigenvalue weighted by molar-refractivity contribution is 5.97. The third-order valence-electron chi connectivity index (χ3n) is 4.71. The Kier molecular flexibility index (Phi) is 5.39. The Bertz CT molecular complexity index is 829. The summed E-state index contributed by atoms with van der Waals surface area (Å²) in [7, 11) is 0. The maximum Gasteiger partial charge on any atom is 0.410 e. The molecule has 1 fully saturated rings. The molecule has 1 N–H and O–H groups in total. The van der Waals surface area contributed by atoms with Crippen LogP contribution in [0.3, 0.4) is 0 Å². The van der Waals surface area contributed by atoms with Gasteiger partial charge >= 0.3 is 6.09 Å². The number of benzene rings is 1. The number of aromatic nitrogens is 2. The van der Waals surface area contributed by atoms with Crippen molar-refractivity contribution in [3.63, 3.8) is 0 Å². The zero-order valence-corrected chi connectivity index (χ0v) is 16.5. The molecule has 1 aliphatic rings. The lowest BCUT2D eigenvalue weighted by Gasteiger charge is -2.33. The van der Waals surface area contributed by atoms with Crippen LogP contribution in [0.15, 0.2) is 24.5 Å². The lowest BCUT2D eigenvalue weighted by atomic mass is 10.0. The van der Waals surface area contributed by atoms with Gasteiger partial charge in [0.25, 0.3) is 5.91 Å². The molecule has 1 aromatic heterocycles. The van der Waals surface area contributed by atoms with Crippen molar-refractivity contribution in [2.75, 3.05) is 13.1 Å². The van der Waals surface area contributed by atoms with Crippen LogP contribution >= 0.6 is 0 Å². The smallest absolute Gasteiger partial charge is 0.410 e. The van der Waals surface area contributed by atoms with E-state index in [1.165, 1.54) is 0 Å². The Balaban J connectivity index is 1.57. The quantitative estimate of drug-likeness (QED) is 0.898. The van der Waals surface area contributed by atoms with E-state index in [0.29, 0.717) is 18.7 Å². The molecule has 2 heterocycles. The van der Waals surface area contributed by atoms with Crippen molar-refractivity contribution in [1.29, 1.82) is 0 Å². The molecule has 0 atom stereocenters. The molecule has 0 unspecified atom stereocenters. The summed E-state index contributed by atoms with van der Waals surface area (Å²) in [4.78, 5) is 30.8. The fourth-order valence-corrected chi connectivity index (χ4v) is 3.25.